The highest BCUT2D eigenvalue weighted by molar-refractivity contribution is 7.13. The summed E-state index contributed by atoms with van der Waals surface area (Å²) in [7, 11) is 0. The van der Waals surface area contributed by atoms with Gasteiger partial charge in [-0.2, -0.15) is 0 Å². The Bertz CT molecular complexity index is 647. The number of rotatable bonds is 4. The van der Waals surface area contributed by atoms with E-state index >= 15 is 0 Å². The Morgan fingerprint density at radius 1 is 1.30 bits per heavy atom. The Balaban J connectivity index is 1.45. The minimum atomic E-state index is -0.275. The van der Waals surface area contributed by atoms with Crippen molar-refractivity contribution in [3.8, 4) is 0 Å². The van der Waals surface area contributed by atoms with E-state index < -0.39 is 0 Å². The predicted octanol–water partition coefficient (Wildman–Crippen LogP) is 3.41. The summed E-state index contributed by atoms with van der Waals surface area (Å²) in [6.07, 6.45) is 7.13. The van der Waals surface area contributed by atoms with Crippen LogP contribution in [0, 0.1) is 0 Å². The number of thiazole rings is 1. The first kappa shape index (κ1) is 15.1. The van der Waals surface area contributed by atoms with E-state index in [0.717, 1.165) is 50.3 Å². The highest BCUT2D eigenvalue weighted by atomic mass is 32.1. The second-order valence-corrected chi connectivity index (χ2v) is 8.31. The molecule has 23 heavy (non-hydrogen) atoms. The molecular formula is C17H21N3OS2. The molecule has 2 aromatic heterocycles. The van der Waals surface area contributed by atoms with E-state index in [0.29, 0.717) is 0 Å². The van der Waals surface area contributed by atoms with E-state index in [9.17, 15) is 4.79 Å². The predicted molar refractivity (Wildman–Crippen MR) is 95.3 cm³/mol. The standard InChI is InChI=1S/C17H21N3OS2/c21-15(17(6-1-2-7-17)14-4-3-10-22-14)19-13-5-9-20(12-13)16-18-8-11-23-16/h3-4,8,10-11,13H,1-2,5-7,9,12H2,(H,19,21)/t13-/m0/s1. The van der Waals surface area contributed by atoms with Gasteiger partial charge >= 0.3 is 0 Å². The molecule has 1 N–H and O–H groups in total. The fraction of sp³-hybridized carbons (Fsp3) is 0.529. The van der Waals surface area contributed by atoms with Gasteiger partial charge in [0.25, 0.3) is 0 Å². The van der Waals surface area contributed by atoms with Crippen LogP contribution < -0.4 is 10.2 Å². The van der Waals surface area contributed by atoms with Crippen molar-refractivity contribution in [3.05, 3.63) is 34.0 Å². The van der Waals surface area contributed by atoms with E-state index in [4.69, 9.17) is 0 Å². The molecule has 0 radical (unpaired) electrons. The average molecular weight is 348 g/mol. The summed E-state index contributed by atoms with van der Waals surface area (Å²) < 4.78 is 0. The Kier molecular flexibility index (Phi) is 4.11. The van der Waals surface area contributed by atoms with Gasteiger partial charge in [-0.05, 0) is 30.7 Å². The van der Waals surface area contributed by atoms with E-state index in [2.05, 4.69) is 32.7 Å². The van der Waals surface area contributed by atoms with Crippen molar-refractivity contribution in [1.82, 2.24) is 10.3 Å². The second-order valence-electron chi connectivity index (χ2n) is 6.49. The first-order chi connectivity index (χ1) is 11.3. The van der Waals surface area contributed by atoms with Crippen molar-refractivity contribution in [2.75, 3.05) is 18.0 Å². The second kappa shape index (κ2) is 6.24. The van der Waals surface area contributed by atoms with Crippen LogP contribution in [-0.4, -0.2) is 30.0 Å². The maximum absolute atomic E-state index is 13.1. The molecule has 0 aromatic carbocycles. The molecule has 2 fully saturated rings. The van der Waals surface area contributed by atoms with Crippen molar-refractivity contribution in [2.45, 2.75) is 43.6 Å². The fourth-order valence-electron chi connectivity index (χ4n) is 3.86. The highest BCUT2D eigenvalue weighted by Gasteiger charge is 2.44. The highest BCUT2D eigenvalue weighted by Crippen LogP contribution is 2.43. The van der Waals surface area contributed by atoms with Gasteiger partial charge in [0.15, 0.2) is 5.13 Å². The SMILES string of the molecule is O=C(N[C@H]1CCN(c2nccs2)C1)C1(c2cccs2)CCCC1. The van der Waals surface area contributed by atoms with Gasteiger partial charge in [-0.1, -0.05) is 18.9 Å². The normalized spacial score (nSPS) is 23.3. The zero-order valence-corrected chi connectivity index (χ0v) is 14.7. The lowest BCUT2D eigenvalue weighted by molar-refractivity contribution is -0.127. The van der Waals surface area contributed by atoms with Gasteiger partial charge in [0.2, 0.25) is 5.91 Å². The topological polar surface area (TPSA) is 45.2 Å². The van der Waals surface area contributed by atoms with Gasteiger partial charge < -0.3 is 10.2 Å². The zero-order chi connectivity index (χ0) is 15.7. The Labute approximate surface area is 144 Å². The molecule has 0 bridgehead atoms. The first-order valence-corrected chi connectivity index (χ1v) is 10.0. The number of hydrogen-bond donors (Lipinski definition) is 1. The molecule has 1 aliphatic heterocycles. The van der Waals surface area contributed by atoms with Gasteiger partial charge in [-0.3, -0.25) is 4.79 Å². The number of aromatic nitrogens is 1. The Morgan fingerprint density at radius 2 is 2.17 bits per heavy atom. The Hall–Kier alpha value is -1.40. The van der Waals surface area contributed by atoms with Crippen molar-refractivity contribution >= 4 is 33.7 Å². The molecule has 2 aromatic rings. The number of hydrogen-bond acceptors (Lipinski definition) is 5. The molecule has 1 saturated heterocycles. The minimum absolute atomic E-state index is 0.239. The molecule has 4 rings (SSSR count). The van der Waals surface area contributed by atoms with Crippen molar-refractivity contribution < 1.29 is 4.79 Å². The summed E-state index contributed by atoms with van der Waals surface area (Å²) in [5.74, 6) is 0.239. The van der Waals surface area contributed by atoms with Crippen LogP contribution in [0.25, 0.3) is 0 Å². The summed E-state index contributed by atoms with van der Waals surface area (Å²) >= 11 is 3.39. The summed E-state index contributed by atoms with van der Waals surface area (Å²) in [4.78, 5) is 21.0. The van der Waals surface area contributed by atoms with Gasteiger partial charge in [0.1, 0.15) is 0 Å². The van der Waals surface area contributed by atoms with Crippen molar-refractivity contribution in [3.63, 3.8) is 0 Å². The lowest BCUT2D eigenvalue weighted by Crippen LogP contribution is -2.47. The third-order valence-corrected chi connectivity index (χ3v) is 7.00. The molecule has 0 spiro atoms. The van der Waals surface area contributed by atoms with Crippen LogP contribution in [0.15, 0.2) is 29.1 Å². The van der Waals surface area contributed by atoms with Crippen LogP contribution >= 0.6 is 22.7 Å². The third kappa shape index (κ3) is 2.78. The molecule has 1 amide bonds. The van der Waals surface area contributed by atoms with Crippen LogP contribution in [0.1, 0.15) is 37.0 Å². The maximum Gasteiger partial charge on any atom is 0.231 e. The molecule has 2 aliphatic rings. The fourth-order valence-corrected chi connectivity index (χ4v) is 5.53. The number of nitrogens with one attached hydrogen (secondary N) is 1. The van der Waals surface area contributed by atoms with E-state index in [1.807, 2.05) is 11.6 Å². The van der Waals surface area contributed by atoms with E-state index in [1.165, 1.54) is 4.88 Å². The Morgan fingerprint density at radius 3 is 2.87 bits per heavy atom. The molecule has 1 aliphatic carbocycles. The monoisotopic (exact) mass is 347 g/mol. The lowest BCUT2D eigenvalue weighted by atomic mass is 9.83. The van der Waals surface area contributed by atoms with Crippen LogP contribution in [0.3, 0.4) is 0 Å². The van der Waals surface area contributed by atoms with Crippen LogP contribution in [-0.2, 0) is 10.2 Å². The molecule has 1 saturated carbocycles. The number of amides is 1. The van der Waals surface area contributed by atoms with E-state index in [1.54, 1.807) is 22.7 Å². The number of carbonyl (C=O) groups is 1. The molecule has 0 unspecified atom stereocenters. The summed E-state index contributed by atoms with van der Waals surface area (Å²) in [5.41, 5.74) is -0.275. The van der Waals surface area contributed by atoms with Crippen LogP contribution in [0.2, 0.25) is 0 Å². The van der Waals surface area contributed by atoms with Gasteiger partial charge in [-0.25, -0.2) is 4.98 Å². The summed E-state index contributed by atoms with van der Waals surface area (Å²) in [6, 6.07) is 4.43. The first-order valence-electron chi connectivity index (χ1n) is 8.27. The van der Waals surface area contributed by atoms with E-state index in [-0.39, 0.29) is 17.4 Å². The molecule has 122 valence electrons. The van der Waals surface area contributed by atoms with Gasteiger partial charge in [0, 0.05) is 35.6 Å². The molecule has 6 heteroatoms. The van der Waals surface area contributed by atoms with Crippen molar-refractivity contribution in [1.29, 1.82) is 0 Å². The average Bonchev–Trinajstić information content (AvgIpc) is 3.31. The third-order valence-electron chi connectivity index (χ3n) is 5.10. The summed E-state index contributed by atoms with van der Waals surface area (Å²) in [5, 5.41) is 8.50. The molecule has 4 nitrogen and oxygen atoms in total. The van der Waals surface area contributed by atoms with Crippen molar-refractivity contribution in [2.24, 2.45) is 0 Å². The molecule has 3 heterocycles. The largest absolute Gasteiger partial charge is 0.351 e. The number of anilines is 1. The smallest absolute Gasteiger partial charge is 0.231 e. The zero-order valence-electron chi connectivity index (χ0n) is 13.0. The van der Waals surface area contributed by atoms with Crippen LogP contribution in [0.4, 0.5) is 5.13 Å². The number of nitrogens with zero attached hydrogens (tertiary/aromatic N) is 2. The molecular weight excluding hydrogens is 326 g/mol. The van der Waals surface area contributed by atoms with Gasteiger partial charge in [0.05, 0.1) is 5.41 Å². The number of thiophene rings is 1. The minimum Gasteiger partial charge on any atom is -0.351 e. The number of carbonyl (C=O) groups excluding carboxylic acids is 1. The summed E-state index contributed by atoms with van der Waals surface area (Å²) in [6.45, 7) is 1.85. The quantitative estimate of drug-likeness (QED) is 0.922. The molecule has 1 atom stereocenters. The maximum atomic E-state index is 13.1. The van der Waals surface area contributed by atoms with Crippen LogP contribution in [0.5, 0.6) is 0 Å². The lowest BCUT2D eigenvalue weighted by Gasteiger charge is -2.28. The van der Waals surface area contributed by atoms with Gasteiger partial charge in [-0.15, -0.1) is 22.7 Å².